The number of halogens is 2. The fourth-order valence-corrected chi connectivity index (χ4v) is 2.28. The summed E-state index contributed by atoms with van der Waals surface area (Å²) < 4.78 is 15.4. The maximum absolute atomic E-state index is 13.0. The van der Waals surface area contributed by atoms with Gasteiger partial charge in [-0.05, 0) is 46.6 Å². The lowest BCUT2D eigenvalue weighted by Crippen LogP contribution is -2.22. The van der Waals surface area contributed by atoms with Crippen molar-refractivity contribution in [2.24, 2.45) is 0 Å². The molecule has 1 aromatic heterocycles. The van der Waals surface area contributed by atoms with Gasteiger partial charge in [0.1, 0.15) is 5.82 Å². The first kappa shape index (κ1) is 12.0. The molecule has 0 saturated carbocycles. The molecule has 0 aliphatic rings. The van der Waals surface area contributed by atoms with Gasteiger partial charge in [-0.25, -0.2) is 4.39 Å². The fourth-order valence-electron chi connectivity index (χ4n) is 1.69. The number of benzene rings is 1. The molecule has 0 aliphatic heterocycles. The van der Waals surface area contributed by atoms with E-state index in [0.29, 0.717) is 12.1 Å². The van der Waals surface area contributed by atoms with Gasteiger partial charge in [0.25, 0.3) is 5.56 Å². The van der Waals surface area contributed by atoms with E-state index in [4.69, 9.17) is 0 Å². The van der Waals surface area contributed by atoms with Gasteiger partial charge in [0.15, 0.2) is 0 Å². The monoisotopic (exact) mass is 295 g/mol. The Morgan fingerprint density at radius 2 is 2.12 bits per heavy atom. The topological polar surface area (TPSA) is 22.0 Å². The second-order valence-electron chi connectivity index (χ2n) is 3.90. The Morgan fingerprint density at radius 1 is 1.35 bits per heavy atom. The summed E-state index contributed by atoms with van der Waals surface area (Å²) in [4.78, 5) is 11.9. The van der Waals surface area contributed by atoms with Crippen molar-refractivity contribution in [3.63, 3.8) is 0 Å². The van der Waals surface area contributed by atoms with Crippen molar-refractivity contribution < 1.29 is 4.39 Å². The minimum atomic E-state index is -0.290. The van der Waals surface area contributed by atoms with Crippen molar-refractivity contribution >= 4 is 15.9 Å². The lowest BCUT2D eigenvalue weighted by Gasteiger charge is -2.07. The molecule has 0 radical (unpaired) electrons. The second-order valence-corrected chi connectivity index (χ2v) is 4.82. The molecule has 0 saturated heterocycles. The molecule has 0 N–H and O–H groups in total. The third-order valence-corrected chi connectivity index (χ3v) is 2.91. The van der Waals surface area contributed by atoms with Crippen LogP contribution in [0.3, 0.4) is 0 Å². The quantitative estimate of drug-likeness (QED) is 0.834. The molecule has 0 bridgehead atoms. The van der Waals surface area contributed by atoms with Gasteiger partial charge in [-0.1, -0.05) is 12.1 Å². The molecule has 88 valence electrons. The normalized spacial score (nSPS) is 10.5. The van der Waals surface area contributed by atoms with Crippen molar-refractivity contribution in [2.45, 2.75) is 13.5 Å². The molecule has 0 aliphatic carbocycles. The van der Waals surface area contributed by atoms with Gasteiger partial charge in [0.2, 0.25) is 0 Å². The largest absolute Gasteiger partial charge is 0.310 e. The zero-order valence-electron chi connectivity index (χ0n) is 9.28. The molecule has 4 heteroatoms. The highest BCUT2D eigenvalue weighted by Crippen LogP contribution is 2.10. The first-order valence-electron chi connectivity index (χ1n) is 5.17. The summed E-state index contributed by atoms with van der Waals surface area (Å²) in [6, 6.07) is 8.03. The Kier molecular flexibility index (Phi) is 3.43. The Bertz CT molecular complexity index is 607. The Morgan fingerprint density at radius 3 is 2.82 bits per heavy atom. The van der Waals surface area contributed by atoms with E-state index >= 15 is 0 Å². The van der Waals surface area contributed by atoms with Gasteiger partial charge in [0, 0.05) is 16.2 Å². The highest BCUT2D eigenvalue weighted by molar-refractivity contribution is 9.10. The SMILES string of the molecule is Cc1cc(Br)cn(Cc2cccc(F)c2)c1=O. The van der Waals surface area contributed by atoms with Gasteiger partial charge >= 0.3 is 0 Å². The summed E-state index contributed by atoms with van der Waals surface area (Å²) in [5, 5.41) is 0. The standard InChI is InChI=1S/C13H11BrFNO/c1-9-5-11(14)8-16(13(9)17)7-10-3-2-4-12(15)6-10/h2-6,8H,7H2,1H3. The molecule has 2 rings (SSSR count). The smallest absolute Gasteiger partial charge is 0.253 e. The van der Waals surface area contributed by atoms with Gasteiger partial charge in [-0.3, -0.25) is 4.79 Å². The predicted molar refractivity (Wildman–Crippen MR) is 68.6 cm³/mol. The molecule has 0 spiro atoms. The van der Waals surface area contributed by atoms with Crippen molar-refractivity contribution in [2.75, 3.05) is 0 Å². The number of hydrogen-bond acceptors (Lipinski definition) is 1. The van der Waals surface area contributed by atoms with Gasteiger partial charge in [0.05, 0.1) is 6.54 Å². The number of aryl methyl sites for hydroxylation is 1. The van der Waals surface area contributed by atoms with Crippen molar-refractivity contribution in [3.8, 4) is 0 Å². The maximum atomic E-state index is 13.0. The first-order valence-corrected chi connectivity index (χ1v) is 5.96. The van der Waals surface area contributed by atoms with Crippen molar-refractivity contribution in [3.05, 3.63) is 68.3 Å². The van der Waals surface area contributed by atoms with E-state index in [2.05, 4.69) is 15.9 Å². The average Bonchev–Trinajstić information content (AvgIpc) is 2.25. The molecule has 2 nitrogen and oxygen atoms in total. The predicted octanol–water partition coefficient (Wildman–Crippen LogP) is 3.11. The molecule has 17 heavy (non-hydrogen) atoms. The van der Waals surface area contributed by atoms with E-state index in [0.717, 1.165) is 10.0 Å². The van der Waals surface area contributed by atoms with Crippen LogP contribution in [0.5, 0.6) is 0 Å². The third kappa shape index (κ3) is 2.82. The summed E-state index contributed by atoms with van der Waals surface area (Å²) in [7, 11) is 0. The van der Waals surface area contributed by atoms with E-state index in [9.17, 15) is 9.18 Å². The average molecular weight is 296 g/mol. The summed E-state index contributed by atoms with van der Waals surface area (Å²) in [6.07, 6.45) is 1.71. The summed E-state index contributed by atoms with van der Waals surface area (Å²) in [5.41, 5.74) is 1.37. The zero-order chi connectivity index (χ0) is 12.4. The molecular weight excluding hydrogens is 285 g/mol. The van der Waals surface area contributed by atoms with Crippen LogP contribution in [0.2, 0.25) is 0 Å². The molecular formula is C13H11BrFNO. The molecule has 0 amide bonds. The van der Waals surface area contributed by atoms with Crippen LogP contribution in [0, 0.1) is 12.7 Å². The molecule has 1 heterocycles. The van der Waals surface area contributed by atoms with Crippen LogP contribution in [-0.4, -0.2) is 4.57 Å². The number of nitrogens with zero attached hydrogens (tertiary/aromatic N) is 1. The summed E-state index contributed by atoms with van der Waals surface area (Å²) in [6.45, 7) is 2.13. The minimum absolute atomic E-state index is 0.0579. The van der Waals surface area contributed by atoms with Crippen LogP contribution in [0.25, 0.3) is 0 Å². The maximum Gasteiger partial charge on any atom is 0.253 e. The first-order chi connectivity index (χ1) is 8.06. The van der Waals surface area contributed by atoms with Crippen LogP contribution in [0.1, 0.15) is 11.1 Å². The number of rotatable bonds is 2. The number of aromatic nitrogens is 1. The van der Waals surface area contributed by atoms with Crippen LogP contribution in [-0.2, 0) is 6.54 Å². The van der Waals surface area contributed by atoms with Crippen molar-refractivity contribution in [1.29, 1.82) is 0 Å². The zero-order valence-corrected chi connectivity index (χ0v) is 10.9. The molecule has 1 aromatic carbocycles. The van der Waals surface area contributed by atoms with Crippen LogP contribution in [0.15, 0.2) is 45.8 Å². The van der Waals surface area contributed by atoms with E-state index in [1.54, 1.807) is 35.9 Å². The Balaban J connectivity index is 2.40. The lowest BCUT2D eigenvalue weighted by molar-refractivity contribution is 0.622. The Hall–Kier alpha value is -1.42. The van der Waals surface area contributed by atoms with E-state index < -0.39 is 0 Å². The highest BCUT2D eigenvalue weighted by atomic mass is 79.9. The fraction of sp³-hybridized carbons (Fsp3) is 0.154. The number of hydrogen-bond donors (Lipinski definition) is 0. The van der Waals surface area contributed by atoms with Gasteiger partial charge < -0.3 is 4.57 Å². The van der Waals surface area contributed by atoms with E-state index in [1.165, 1.54) is 12.1 Å². The summed E-state index contributed by atoms with van der Waals surface area (Å²) >= 11 is 3.34. The number of pyridine rings is 1. The second kappa shape index (κ2) is 4.84. The molecule has 2 aromatic rings. The highest BCUT2D eigenvalue weighted by Gasteiger charge is 2.03. The molecule has 0 fully saturated rings. The van der Waals surface area contributed by atoms with Crippen LogP contribution in [0.4, 0.5) is 4.39 Å². The third-order valence-electron chi connectivity index (χ3n) is 2.47. The Labute approximate surface area is 107 Å². The van der Waals surface area contributed by atoms with Crippen LogP contribution >= 0.6 is 15.9 Å². The molecule has 0 unspecified atom stereocenters. The van der Waals surface area contributed by atoms with Crippen molar-refractivity contribution in [1.82, 2.24) is 4.57 Å². The summed E-state index contributed by atoms with van der Waals surface area (Å²) in [5.74, 6) is -0.290. The molecule has 0 atom stereocenters. The van der Waals surface area contributed by atoms with Crippen LogP contribution < -0.4 is 5.56 Å². The minimum Gasteiger partial charge on any atom is -0.310 e. The van der Waals surface area contributed by atoms with Gasteiger partial charge in [-0.15, -0.1) is 0 Å². The van der Waals surface area contributed by atoms with E-state index in [-0.39, 0.29) is 11.4 Å². The lowest BCUT2D eigenvalue weighted by atomic mass is 10.2. The van der Waals surface area contributed by atoms with Gasteiger partial charge in [-0.2, -0.15) is 0 Å². The van der Waals surface area contributed by atoms with E-state index in [1.807, 2.05) is 0 Å².